The number of carboxylic acids is 2. The summed E-state index contributed by atoms with van der Waals surface area (Å²) in [6.07, 6.45) is -11.1. The highest BCUT2D eigenvalue weighted by Crippen LogP contribution is 2.46. The van der Waals surface area contributed by atoms with E-state index >= 15 is 0 Å². The first kappa shape index (κ1) is 21.1. The molecule has 0 heterocycles. The maximum absolute atomic E-state index is 12.7. The summed E-state index contributed by atoms with van der Waals surface area (Å²) in [5.74, 6) is -7.62. The molecule has 0 fully saturated rings. The summed E-state index contributed by atoms with van der Waals surface area (Å²) in [6, 6.07) is 5.93. The number of hydrogen-bond donors (Lipinski definition) is 2. The third-order valence-corrected chi connectivity index (χ3v) is 3.57. The summed E-state index contributed by atoms with van der Waals surface area (Å²) in [6.45, 7) is 0. The van der Waals surface area contributed by atoms with Crippen LogP contribution in [0.2, 0.25) is 0 Å². The van der Waals surface area contributed by atoms with E-state index in [2.05, 4.69) is 0 Å². The molecular weight excluding hydrogens is 398 g/mol. The molecule has 0 aromatic heterocycles. The van der Waals surface area contributed by atoms with Crippen LogP contribution in [0.5, 0.6) is 11.5 Å². The largest absolute Gasteiger partial charge is 0.478 e. The predicted octanol–water partition coefficient (Wildman–Crippen LogP) is 5.08. The zero-order chi connectivity index (χ0) is 21.3. The number of carbonyl (C=O) groups is 2. The van der Waals surface area contributed by atoms with Gasteiger partial charge >= 0.3 is 24.3 Å². The first-order chi connectivity index (χ1) is 12.8. The van der Waals surface area contributed by atoms with Gasteiger partial charge in [-0.2, -0.15) is 26.3 Å². The lowest BCUT2D eigenvalue weighted by Crippen LogP contribution is -2.34. The van der Waals surface area contributed by atoms with Gasteiger partial charge in [-0.1, -0.05) is 18.2 Å². The van der Waals surface area contributed by atoms with Crippen molar-refractivity contribution in [3.8, 4) is 11.5 Å². The van der Waals surface area contributed by atoms with E-state index in [9.17, 15) is 41.0 Å². The first-order valence-corrected chi connectivity index (χ1v) is 7.33. The van der Waals surface area contributed by atoms with Crippen LogP contribution in [0.4, 0.5) is 26.3 Å². The van der Waals surface area contributed by atoms with Gasteiger partial charge in [-0.15, -0.1) is 0 Å². The van der Waals surface area contributed by atoms with E-state index in [1.807, 2.05) is 0 Å². The van der Waals surface area contributed by atoms with Crippen LogP contribution in [-0.4, -0.2) is 34.5 Å². The SMILES string of the molecule is O=C(O)c1cccc(Oc2ccc(C(C(F)(F)F)C(F)(F)F)cc2)c1C(=O)O. The molecule has 28 heavy (non-hydrogen) atoms. The van der Waals surface area contributed by atoms with Gasteiger partial charge in [0.1, 0.15) is 17.1 Å². The molecule has 0 aliphatic heterocycles. The van der Waals surface area contributed by atoms with Gasteiger partial charge < -0.3 is 14.9 Å². The third kappa shape index (κ3) is 4.53. The van der Waals surface area contributed by atoms with Crippen LogP contribution < -0.4 is 4.74 Å². The van der Waals surface area contributed by atoms with Crippen LogP contribution >= 0.6 is 0 Å². The molecule has 0 amide bonds. The van der Waals surface area contributed by atoms with E-state index in [0.29, 0.717) is 12.1 Å². The molecule has 11 heteroatoms. The Labute approximate surface area is 152 Å². The van der Waals surface area contributed by atoms with E-state index in [4.69, 9.17) is 9.84 Å². The molecule has 2 N–H and O–H groups in total. The molecule has 2 aromatic rings. The summed E-state index contributed by atoms with van der Waals surface area (Å²) in [7, 11) is 0. The molecule has 0 bridgehead atoms. The van der Waals surface area contributed by atoms with Gasteiger partial charge in [0, 0.05) is 0 Å². The van der Waals surface area contributed by atoms with Gasteiger partial charge in [-0.25, -0.2) is 9.59 Å². The van der Waals surface area contributed by atoms with E-state index in [1.54, 1.807) is 0 Å². The average Bonchev–Trinajstić information content (AvgIpc) is 2.53. The summed E-state index contributed by atoms with van der Waals surface area (Å²) >= 11 is 0. The van der Waals surface area contributed by atoms with Crippen molar-refractivity contribution >= 4 is 11.9 Å². The Morgan fingerprint density at radius 3 is 1.79 bits per heavy atom. The Morgan fingerprint density at radius 2 is 1.36 bits per heavy atom. The standard InChI is InChI=1S/C17H10F6O5/c18-16(19,20)13(17(21,22)23)8-4-6-9(7-5-8)28-11-3-1-2-10(14(24)25)12(11)15(26)27/h1-7,13H,(H,24,25)(H,26,27). The van der Waals surface area contributed by atoms with E-state index < -0.39 is 52.6 Å². The number of halogens is 6. The number of ether oxygens (including phenoxy) is 1. The first-order valence-electron chi connectivity index (χ1n) is 7.33. The molecule has 5 nitrogen and oxygen atoms in total. The van der Waals surface area contributed by atoms with Gasteiger partial charge in [0.05, 0.1) is 5.56 Å². The minimum atomic E-state index is -5.56. The Hall–Kier alpha value is -3.24. The lowest BCUT2D eigenvalue weighted by Gasteiger charge is -2.23. The molecule has 2 aromatic carbocycles. The molecule has 0 spiro atoms. The van der Waals surface area contributed by atoms with Crippen LogP contribution in [0, 0.1) is 0 Å². The number of rotatable bonds is 5. The molecule has 0 aliphatic rings. The van der Waals surface area contributed by atoms with E-state index in [-0.39, 0.29) is 5.75 Å². The Balaban J connectivity index is 2.40. The van der Waals surface area contributed by atoms with Crippen molar-refractivity contribution in [2.45, 2.75) is 18.3 Å². The maximum atomic E-state index is 12.7. The molecule has 0 atom stereocenters. The summed E-state index contributed by atoms with van der Waals surface area (Å²) in [4.78, 5) is 22.4. The highest BCUT2D eigenvalue weighted by Gasteiger charge is 2.57. The van der Waals surface area contributed by atoms with Crippen molar-refractivity contribution in [2.24, 2.45) is 0 Å². The molecule has 0 saturated carbocycles. The number of carboxylic acid groups (broad SMARTS) is 2. The molecule has 0 radical (unpaired) electrons. The van der Waals surface area contributed by atoms with Crippen molar-refractivity contribution in [1.82, 2.24) is 0 Å². The van der Waals surface area contributed by atoms with Crippen molar-refractivity contribution < 1.29 is 50.9 Å². The minimum absolute atomic E-state index is 0.281. The van der Waals surface area contributed by atoms with E-state index in [0.717, 1.165) is 24.3 Å². The van der Waals surface area contributed by atoms with Gasteiger partial charge in [0.15, 0.2) is 5.92 Å². The molecule has 150 valence electrons. The lowest BCUT2D eigenvalue weighted by atomic mass is 9.98. The number of alkyl halides is 6. The van der Waals surface area contributed by atoms with Crippen molar-refractivity contribution in [1.29, 1.82) is 0 Å². The summed E-state index contributed by atoms with van der Waals surface area (Å²) in [5, 5.41) is 18.2. The Kier molecular flexibility index (Phi) is 5.57. The summed E-state index contributed by atoms with van der Waals surface area (Å²) in [5.41, 5.74) is -2.40. The molecule has 2 rings (SSSR count). The Morgan fingerprint density at radius 1 is 0.821 bits per heavy atom. The van der Waals surface area contributed by atoms with Crippen molar-refractivity contribution in [3.63, 3.8) is 0 Å². The lowest BCUT2D eigenvalue weighted by molar-refractivity contribution is -0.253. The topological polar surface area (TPSA) is 83.8 Å². The predicted molar refractivity (Wildman–Crippen MR) is 81.7 cm³/mol. The fourth-order valence-electron chi connectivity index (χ4n) is 2.43. The van der Waals surface area contributed by atoms with Crippen LogP contribution in [-0.2, 0) is 0 Å². The molecule has 0 saturated heterocycles. The number of benzene rings is 2. The fourth-order valence-corrected chi connectivity index (χ4v) is 2.43. The van der Waals surface area contributed by atoms with Crippen molar-refractivity contribution in [2.75, 3.05) is 0 Å². The van der Waals surface area contributed by atoms with Crippen molar-refractivity contribution in [3.05, 3.63) is 59.2 Å². The van der Waals surface area contributed by atoms with Gasteiger partial charge in [0.2, 0.25) is 0 Å². The van der Waals surface area contributed by atoms with Gasteiger partial charge in [-0.3, -0.25) is 0 Å². The highest BCUT2D eigenvalue weighted by molar-refractivity contribution is 6.03. The second kappa shape index (κ2) is 7.41. The quantitative estimate of drug-likeness (QED) is 0.674. The smallest absolute Gasteiger partial charge is 0.404 e. The molecular formula is C17H10F6O5. The zero-order valence-electron chi connectivity index (χ0n) is 13.5. The summed E-state index contributed by atoms with van der Waals surface area (Å²) < 4.78 is 81.6. The Bertz CT molecular complexity index is 872. The second-order valence-corrected chi connectivity index (χ2v) is 5.48. The van der Waals surface area contributed by atoms with Crippen LogP contribution in [0.15, 0.2) is 42.5 Å². The number of hydrogen-bond acceptors (Lipinski definition) is 3. The fraction of sp³-hybridized carbons (Fsp3) is 0.176. The second-order valence-electron chi connectivity index (χ2n) is 5.48. The number of aromatic carboxylic acids is 2. The van der Waals surface area contributed by atoms with Gasteiger partial charge in [0.25, 0.3) is 0 Å². The van der Waals surface area contributed by atoms with Crippen LogP contribution in [0.1, 0.15) is 32.2 Å². The van der Waals surface area contributed by atoms with E-state index in [1.165, 1.54) is 6.07 Å². The third-order valence-electron chi connectivity index (χ3n) is 3.57. The highest BCUT2D eigenvalue weighted by atomic mass is 19.4. The van der Waals surface area contributed by atoms with Crippen LogP contribution in [0.3, 0.4) is 0 Å². The average molecular weight is 408 g/mol. The van der Waals surface area contributed by atoms with Crippen LogP contribution in [0.25, 0.3) is 0 Å². The van der Waals surface area contributed by atoms with Gasteiger partial charge in [-0.05, 0) is 29.8 Å². The molecule has 0 unspecified atom stereocenters. The molecule has 0 aliphatic carbocycles. The maximum Gasteiger partial charge on any atom is 0.404 e. The monoisotopic (exact) mass is 408 g/mol. The zero-order valence-corrected chi connectivity index (χ0v) is 13.5. The normalized spacial score (nSPS) is 12.1. The minimum Gasteiger partial charge on any atom is -0.478 e.